The molecule has 1 aromatic heterocycles. The van der Waals surface area contributed by atoms with E-state index in [1.54, 1.807) is 19.2 Å². The van der Waals surface area contributed by atoms with Gasteiger partial charge in [-0.3, -0.25) is 4.79 Å². The van der Waals surface area contributed by atoms with Gasteiger partial charge in [0.15, 0.2) is 0 Å². The van der Waals surface area contributed by atoms with Crippen LogP contribution in [0.1, 0.15) is 19.8 Å². The lowest BCUT2D eigenvalue weighted by atomic mass is 10.4. The number of aromatic nitrogens is 2. The molecule has 0 bridgehead atoms. The van der Waals surface area contributed by atoms with Crippen LogP contribution in [0.3, 0.4) is 0 Å². The SMILES string of the molecule is C[C@@H](O)Cn1ncc(N2CCCC2)cc1=O. The van der Waals surface area contributed by atoms with Gasteiger partial charge in [0.1, 0.15) is 0 Å². The largest absolute Gasteiger partial charge is 0.391 e. The molecule has 1 aliphatic heterocycles. The third-order valence-corrected chi connectivity index (χ3v) is 2.76. The van der Waals surface area contributed by atoms with E-state index in [2.05, 4.69) is 10.00 Å². The van der Waals surface area contributed by atoms with Crippen LogP contribution in [0.5, 0.6) is 0 Å². The molecule has 5 nitrogen and oxygen atoms in total. The number of nitrogens with zero attached hydrogens (tertiary/aromatic N) is 3. The zero-order valence-electron chi connectivity index (χ0n) is 9.46. The Hall–Kier alpha value is -1.36. The van der Waals surface area contributed by atoms with Crippen molar-refractivity contribution in [1.29, 1.82) is 0 Å². The predicted octanol–water partition coefficient (Wildman–Crippen LogP) is 0.224. The Balaban J connectivity index is 2.18. The van der Waals surface area contributed by atoms with Gasteiger partial charge in [-0.25, -0.2) is 4.68 Å². The molecular formula is C11H17N3O2. The number of aliphatic hydroxyl groups excluding tert-OH is 1. The lowest BCUT2D eigenvalue weighted by molar-refractivity contribution is 0.166. The van der Waals surface area contributed by atoms with Crippen LogP contribution in [-0.2, 0) is 6.54 Å². The number of hydrogen-bond donors (Lipinski definition) is 1. The van der Waals surface area contributed by atoms with Gasteiger partial charge < -0.3 is 10.0 Å². The highest BCUT2D eigenvalue weighted by Crippen LogP contribution is 2.16. The van der Waals surface area contributed by atoms with Crippen LogP contribution in [0.15, 0.2) is 17.1 Å². The maximum Gasteiger partial charge on any atom is 0.268 e. The molecule has 0 radical (unpaired) electrons. The van der Waals surface area contributed by atoms with Crippen LogP contribution in [0.25, 0.3) is 0 Å². The lowest BCUT2D eigenvalue weighted by Crippen LogP contribution is -2.29. The van der Waals surface area contributed by atoms with E-state index in [0.717, 1.165) is 18.8 Å². The van der Waals surface area contributed by atoms with E-state index in [0.29, 0.717) is 0 Å². The number of aliphatic hydroxyl groups is 1. The Labute approximate surface area is 94.3 Å². The van der Waals surface area contributed by atoms with Crippen molar-refractivity contribution in [1.82, 2.24) is 9.78 Å². The first-order valence-electron chi connectivity index (χ1n) is 5.67. The van der Waals surface area contributed by atoms with Crippen LogP contribution in [-0.4, -0.2) is 34.1 Å². The summed E-state index contributed by atoms with van der Waals surface area (Å²) in [6.45, 7) is 3.89. The summed E-state index contributed by atoms with van der Waals surface area (Å²) in [5.74, 6) is 0. The minimum absolute atomic E-state index is 0.148. The quantitative estimate of drug-likeness (QED) is 0.796. The van der Waals surface area contributed by atoms with Crippen molar-refractivity contribution >= 4 is 5.69 Å². The van der Waals surface area contributed by atoms with Gasteiger partial charge in [0.2, 0.25) is 0 Å². The minimum atomic E-state index is -0.553. The molecule has 0 spiro atoms. The summed E-state index contributed by atoms with van der Waals surface area (Å²) >= 11 is 0. The fourth-order valence-corrected chi connectivity index (χ4v) is 1.96. The van der Waals surface area contributed by atoms with Gasteiger partial charge in [-0.05, 0) is 19.8 Å². The Bertz CT molecular complexity index is 408. The average Bonchev–Trinajstić information content (AvgIpc) is 2.73. The molecule has 0 aromatic carbocycles. The molecule has 0 aliphatic carbocycles. The summed E-state index contributed by atoms with van der Waals surface area (Å²) in [6.07, 6.45) is 3.51. The summed E-state index contributed by atoms with van der Waals surface area (Å²) in [5, 5.41) is 13.3. The lowest BCUT2D eigenvalue weighted by Gasteiger charge is -2.17. The Morgan fingerprint density at radius 2 is 2.19 bits per heavy atom. The van der Waals surface area contributed by atoms with E-state index in [9.17, 15) is 9.90 Å². The molecule has 1 fully saturated rings. The smallest absolute Gasteiger partial charge is 0.268 e. The van der Waals surface area contributed by atoms with Crippen LogP contribution in [0, 0.1) is 0 Å². The highest BCUT2D eigenvalue weighted by Gasteiger charge is 2.13. The molecule has 0 unspecified atom stereocenters. The fourth-order valence-electron chi connectivity index (χ4n) is 1.96. The summed E-state index contributed by atoms with van der Waals surface area (Å²) in [7, 11) is 0. The Kier molecular flexibility index (Phi) is 3.24. The van der Waals surface area contributed by atoms with Crippen LogP contribution < -0.4 is 10.5 Å². The van der Waals surface area contributed by atoms with Gasteiger partial charge in [-0.2, -0.15) is 5.10 Å². The molecule has 88 valence electrons. The molecule has 5 heteroatoms. The molecule has 0 amide bonds. The predicted molar refractivity (Wildman–Crippen MR) is 61.6 cm³/mol. The third kappa shape index (κ3) is 2.41. The summed E-state index contributed by atoms with van der Waals surface area (Å²) in [5.41, 5.74) is 0.745. The molecular weight excluding hydrogens is 206 g/mol. The van der Waals surface area contributed by atoms with Crippen LogP contribution in [0.4, 0.5) is 5.69 Å². The van der Waals surface area contributed by atoms with E-state index in [1.165, 1.54) is 17.5 Å². The Morgan fingerprint density at radius 3 is 2.75 bits per heavy atom. The van der Waals surface area contributed by atoms with E-state index in [1.807, 2.05) is 0 Å². The van der Waals surface area contributed by atoms with E-state index in [4.69, 9.17) is 0 Å². The number of rotatable bonds is 3. The number of hydrogen-bond acceptors (Lipinski definition) is 4. The fraction of sp³-hybridized carbons (Fsp3) is 0.636. The first kappa shape index (κ1) is 11.1. The second kappa shape index (κ2) is 4.65. The van der Waals surface area contributed by atoms with E-state index in [-0.39, 0.29) is 12.1 Å². The van der Waals surface area contributed by atoms with Crippen molar-refractivity contribution in [2.24, 2.45) is 0 Å². The first-order valence-corrected chi connectivity index (χ1v) is 5.67. The van der Waals surface area contributed by atoms with Gasteiger partial charge in [-0.1, -0.05) is 0 Å². The van der Waals surface area contributed by atoms with Gasteiger partial charge in [0.05, 0.1) is 24.5 Å². The first-order chi connectivity index (χ1) is 7.66. The van der Waals surface area contributed by atoms with Gasteiger partial charge in [-0.15, -0.1) is 0 Å². The summed E-state index contributed by atoms with van der Waals surface area (Å²) < 4.78 is 1.30. The molecule has 0 saturated carbocycles. The van der Waals surface area contributed by atoms with Crippen LogP contribution >= 0.6 is 0 Å². The highest BCUT2D eigenvalue weighted by atomic mass is 16.3. The van der Waals surface area contributed by atoms with Crippen LogP contribution in [0.2, 0.25) is 0 Å². The summed E-state index contributed by atoms with van der Waals surface area (Å²) in [4.78, 5) is 13.9. The van der Waals surface area contributed by atoms with Crippen molar-refractivity contribution in [3.05, 3.63) is 22.6 Å². The molecule has 1 N–H and O–H groups in total. The zero-order chi connectivity index (χ0) is 11.5. The van der Waals surface area contributed by atoms with Crippen molar-refractivity contribution in [3.63, 3.8) is 0 Å². The molecule has 2 heterocycles. The monoisotopic (exact) mass is 223 g/mol. The maximum absolute atomic E-state index is 11.7. The standard InChI is InChI=1S/C11H17N3O2/c1-9(15)8-14-11(16)6-10(7-12-14)13-4-2-3-5-13/h6-7,9,15H,2-5,8H2,1H3/t9-/m1/s1. The van der Waals surface area contributed by atoms with E-state index < -0.39 is 6.10 Å². The van der Waals surface area contributed by atoms with Crippen molar-refractivity contribution in [3.8, 4) is 0 Å². The maximum atomic E-state index is 11.7. The van der Waals surface area contributed by atoms with Gasteiger partial charge in [0.25, 0.3) is 5.56 Å². The molecule has 1 saturated heterocycles. The second-order valence-electron chi connectivity index (χ2n) is 4.28. The van der Waals surface area contributed by atoms with Gasteiger partial charge in [0, 0.05) is 19.2 Å². The second-order valence-corrected chi connectivity index (χ2v) is 4.28. The summed E-state index contributed by atoms with van der Waals surface area (Å²) in [6, 6.07) is 1.60. The topological polar surface area (TPSA) is 58.4 Å². The van der Waals surface area contributed by atoms with Crippen molar-refractivity contribution < 1.29 is 5.11 Å². The van der Waals surface area contributed by atoms with Gasteiger partial charge >= 0.3 is 0 Å². The highest BCUT2D eigenvalue weighted by molar-refractivity contribution is 5.43. The molecule has 1 aromatic rings. The molecule has 16 heavy (non-hydrogen) atoms. The molecule has 1 atom stereocenters. The Morgan fingerprint density at radius 1 is 1.50 bits per heavy atom. The zero-order valence-corrected chi connectivity index (χ0v) is 9.46. The van der Waals surface area contributed by atoms with Crippen molar-refractivity contribution in [2.45, 2.75) is 32.4 Å². The normalized spacial score (nSPS) is 17.8. The number of anilines is 1. The minimum Gasteiger partial charge on any atom is -0.391 e. The van der Waals surface area contributed by atoms with E-state index >= 15 is 0 Å². The molecule has 1 aliphatic rings. The van der Waals surface area contributed by atoms with Crippen molar-refractivity contribution in [2.75, 3.05) is 18.0 Å². The average molecular weight is 223 g/mol. The molecule has 2 rings (SSSR count). The third-order valence-electron chi connectivity index (χ3n) is 2.76.